The summed E-state index contributed by atoms with van der Waals surface area (Å²) in [6.45, 7) is 4.11. The van der Waals surface area contributed by atoms with Crippen LogP contribution < -0.4 is 11.5 Å². The van der Waals surface area contributed by atoms with Crippen molar-refractivity contribution in [1.29, 1.82) is 0 Å². The third-order valence-corrected chi connectivity index (χ3v) is 1.53. The quantitative estimate of drug-likeness (QED) is 0.604. The molecule has 0 spiro atoms. The molecule has 61 valence electrons. The average molecular weight is 143 g/mol. The summed E-state index contributed by atoms with van der Waals surface area (Å²) in [4.78, 5) is 0. The molecule has 0 aliphatic heterocycles. The van der Waals surface area contributed by atoms with Gasteiger partial charge in [-0.05, 0) is 32.6 Å². The highest BCUT2D eigenvalue weighted by atomic mass is 14.6. The highest BCUT2D eigenvalue weighted by Gasteiger charge is 1.99. The van der Waals surface area contributed by atoms with Gasteiger partial charge in [-0.1, -0.05) is 6.92 Å². The van der Waals surface area contributed by atoms with Crippen LogP contribution in [0.4, 0.5) is 0 Å². The fourth-order valence-corrected chi connectivity index (χ4v) is 0.740. The van der Waals surface area contributed by atoms with E-state index < -0.39 is 0 Å². The molecule has 0 bridgehead atoms. The van der Waals surface area contributed by atoms with E-state index in [1.54, 1.807) is 0 Å². The van der Waals surface area contributed by atoms with Gasteiger partial charge in [0.2, 0.25) is 0 Å². The third kappa shape index (κ3) is 6.05. The first-order valence-electron chi connectivity index (χ1n) is 3.99. The summed E-state index contributed by atoms with van der Waals surface area (Å²) in [6, 6.07) is 0.614. The van der Waals surface area contributed by atoms with E-state index in [2.05, 4.69) is 13.3 Å². The second kappa shape index (κ2) is 5.69. The van der Waals surface area contributed by atoms with Gasteiger partial charge in [-0.15, -0.1) is 0 Å². The Balaban J connectivity index is 3.03. The molecule has 0 saturated heterocycles. The van der Waals surface area contributed by atoms with E-state index in [4.69, 9.17) is 11.5 Å². The zero-order chi connectivity index (χ0) is 7.98. The maximum Gasteiger partial charge on any atom is 0.00389 e. The topological polar surface area (TPSA) is 52.0 Å². The molecule has 2 unspecified atom stereocenters. The molecular weight excluding hydrogens is 124 g/mol. The molecule has 2 atom stereocenters. The van der Waals surface area contributed by atoms with Gasteiger partial charge < -0.3 is 11.5 Å². The first kappa shape index (κ1) is 9.92. The Morgan fingerprint density at radius 2 is 1.90 bits per heavy atom. The number of nitrogens with two attached hydrogens (primary N) is 2. The number of rotatable bonds is 5. The zero-order valence-electron chi connectivity index (χ0n) is 7.01. The maximum absolute atomic E-state index is 5.69. The van der Waals surface area contributed by atoms with Gasteiger partial charge in [0.15, 0.2) is 0 Å². The minimum Gasteiger partial charge on any atom is -0.328 e. The lowest BCUT2D eigenvalue weighted by atomic mass is 10.1. The lowest BCUT2D eigenvalue weighted by Gasteiger charge is -2.08. The Hall–Kier alpha value is -0.0800. The highest BCUT2D eigenvalue weighted by molar-refractivity contribution is 4.75. The summed E-state index contributed by atoms with van der Waals surface area (Å²) in [5, 5.41) is 0. The van der Waals surface area contributed by atoms with Crippen LogP contribution in [-0.4, -0.2) is 12.1 Å². The first-order valence-corrected chi connectivity index (χ1v) is 3.99. The first-order chi connectivity index (χ1) is 4.66. The van der Waals surface area contributed by atoms with Crippen LogP contribution >= 0.6 is 0 Å². The summed E-state index contributed by atoms with van der Waals surface area (Å²) >= 11 is 0. The Kier molecular flexibility index (Phi) is 5.64. The molecule has 4 N–H and O–H groups in total. The number of hydrogen-bond acceptors (Lipinski definition) is 2. The van der Waals surface area contributed by atoms with Gasteiger partial charge in [0.25, 0.3) is 0 Å². The van der Waals surface area contributed by atoms with Gasteiger partial charge in [0.1, 0.15) is 0 Å². The fourth-order valence-electron chi connectivity index (χ4n) is 0.740. The molecule has 0 aliphatic rings. The lowest BCUT2D eigenvalue weighted by molar-refractivity contribution is 0.603. The summed E-state index contributed by atoms with van der Waals surface area (Å²) in [5.41, 5.74) is 11.2. The van der Waals surface area contributed by atoms with Crippen molar-refractivity contribution in [1.82, 2.24) is 0 Å². The molecule has 0 aromatic carbocycles. The van der Waals surface area contributed by atoms with E-state index in [0.29, 0.717) is 6.04 Å². The second-order valence-electron chi connectivity index (χ2n) is 2.91. The van der Waals surface area contributed by atoms with Crippen molar-refractivity contribution in [3.05, 3.63) is 6.42 Å². The van der Waals surface area contributed by atoms with Crippen LogP contribution in [0.15, 0.2) is 0 Å². The van der Waals surface area contributed by atoms with Crippen molar-refractivity contribution in [2.45, 2.75) is 45.2 Å². The van der Waals surface area contributed by atoms with Crippen LogP contribution in [-0.2, 0) is 0 Å². The molecule has 1 radical (unpaired) electrons. The van der Waals surface area contributed by atoms with Crippen molar-refractivity contribution in [2.24, 2.45) is 11.5 Å². The molecule has 0 rings (SSSR count). The summed E-state index contributed by atoms with van der Waals surface area (Å²) in [5.74, 6) is 0. The van der Waals surface area contributed by atoms with Crippen LogP contribution in [0.2, 0.25) is 0 Å². The van der Waals surface area contributed by atoms with Crippen LogP contribution in [0.1, 0.15) is 33.1 Å². The highest BCUT2D eigenvalue weighted by Crippen LogP contribution is 2.01. The largest absolute Gasteiger partial charge is 0.328 e. The third-order valence-electron chi connectivity index (χ3n) is 1.53. The van der Waals surface area contributed by atoms with Gasteiger partial charge in [-0.2, -0.15) is 0 Å². The molecule has 0 amide bonds. The van der Waals surface area contributed by atoms with E-state index in [1.807, 2.05) is 6.92 Å². The van der Waals surface area contributed by atoms with Gasteiger partial charge in [0, 0.05) is 12.1 Å². The van der Waals surface area contributed by atoms with E-state index in [9.17, 15) is 0 Å². The maximum atomic E-state index is 5.69. The van der Waals surface area contributed by atoms with Crippen LogP contribution in [0, 0.1) is 6.42 Å². The number of hydrogen-bond donors (Lipinski definition) is 2. The SMILES string of the molecule is CCC(N)C[CH]CC(C)N. The second-order valence-corrected chi connectivity index (χ2v) is 2.91. The molecule has 0 aliphatic carbocycles. The Morgan fingerprint density at radius 3 is 2.30 bits per heavy atom. The molecule has 0 aromatic heterocycles. The standard InChI is InChI=1S/C8H19N2/c1-3-8(10)6-4-5-7(2)9/h4,7-8H,3,5-6,9-10H2,1-2H3. The van der Waals surface area contributed by atoms with Crippen LogP contribution in [0.3, 0.4) is 0 Å². The lowest BCUT2D eigenvalue weighted by Crippen LogP contribution is -2.20. The molecule has 2 nitrogen and oxygen atoms in total. The minimum atomic E-state index is 0.282. The van der Waals surface area contributed by atoms with Gasteiger partial charge in [0.05, 0.1) is 0 Å². The molecular formula is C8H19N2. The minimum absolute atomic E-state index is 0.282. The predicted octanol–water partition coefficient (Wildman–Crippen LogP) is 1.06. The van der Waals surface area contributed by atoms with E-state index in [0.717, 1.165) is 19.3 Å². The summed E-state index contributed by atoms with van der Waals surface area (Å²) < 4.78 is 0. The van der Waals surface area contributed by atoms with E-state index in [-0.39, 0.29) is 6.04 Å². The van der Waals surface area contributed by atoms with Gasteiger partial charge >= 0.3 is 0 Å². The Labute approximate surface area is 64.0 Å². The van der Waals surface area contributed by atoms with Crippen molar-refractivity contribution in [2.75, 3.05) is 0 Å². The van der Waals surface area contributed by atoms with Crippen LogP contribution in [0.5, 0.6) is 0 Å². The van der Waals surface area contributed by atoms with Crippen LogP contribution in [0.25, 0.3) is 0 Å². The van der Waals surface area contributed by atoms with Crippen molar-refractivity contribution < 1.29 is 0 Å². The molecule has 2 heteroatoms. The van der Waals surface area contributed by atoms with Crippen molar-refractivity contribution >= 4 is 0 Å². The Morgan fingerprint density at radius 1 is 1.30 bits per heavy atom. The fraction of sp³-hybridized carbons (Fsp3) is 0.875. The monoisotopic (exact) mass is 143 g/mol. The van der Waals surface area contributed by atoms with E-state index >= 15 is 0 Å². The van der Waals surface area contributed by atoms with Gasteiger partial charge in [-0.3, -0.25) is 0 Å². The van der Waals surface area contributed by atoms with Gasteiger partial charge in [-0.25, -0.2) is 0 Å². The summed E-state index contributed by atoms with van der Waals surface area (Å²) in [6.07, 6.45) is 5.21. The van der Waals surface area contributed by atoms with Crippen molar-refractivity contribution in [3.63, 3.8) is 0 Å². The molecule has 0 heterocycles. The predicted molar refractivity (Wildman–Crippen MR) is 45.4 cm³/mol. The molecule has 0 saturated carbocycles. The normalized spacial score (nSPS) is 16.8. The zero-order valence-corrected chi connectivity index (χ0v) is 7.01. The van der Waals surface area contributed by atoms with Crippen molar-refractivity contribution in [3.8, 4) is 0 Å². The average Bonchev–Trinajstić information content (AvgIpc) is 1.87. The summed E-state index contributed by atoms with van der Waals surface area (Å²) in [7, 11) is 0. The van der Waals surface area contributed by atoms with E-state index in [1.165, 1.54) is 0 Å². The Bertz CT molecular complexity index is 71.7. The molecule has 0 aromatic rings. The molecule has 10 heavy (non-hydrogen) atoms. The smallest absolute Gasteiger partial charge is 0.00389 e. The molecule has 0 fully saturated rings.